The lowest BCUT2D eigenvalue weighted by molar-refractivity contribution is -0.139. The second-order valence-electron chi connectivity index (χ2n) is 5.15. The van der Waals surface area contributed by atoms with E-state index in [1.165, 1.54) is 4.90 Å². The fourth-order valence-electron chi connectivity index (χ4n) is 1.86. The second-order valence-corrected chi connectivity index (χ2v) is 6.04. The molecule has 7 heteroatoms. The lowest BCUT2D eigenvalue weighted by Gasteiger charge is -2.18. The van der Waals surface area contributed by atoms with Crippen LogP contribution < -0.4 is 5.32 Å². The molecule has 2 amide bonds. The van der Waals surface area contributed by atoms with Crippen molar-refractivity contribution in [3.8, 4) is 0 Å². The molecule has 0 bridgehead atoms. The molecule has 0 radical (unpaired) electrons. The fourth-order valence-corrected chi connectivity index (χ4v) is 2.69. The molecule has 2 heterocycles. The highest BCUT2D eigenvalue weighted by molar-refractivity contribution is 7.09. The number of amides is 2. The van der Waals surface area contributed by atoms with Crippen molar-refractivity contribution in [2.45, 2.75) is 38.8 Å². The van der Waals surface area contributed by atoms with Crippen LogP contribution in [0.4, 0.5) is 4.79 Å². The summed E-state index contributed by atoms with van der Waals surface area (Å²) in [6, 6.07) is -0.806. The summed E-state index contributed by atoms with van der Waals surface area (Å²) in [5.41, 5.74) is 0.866. The molecule has 1 N–H and O–H groups in total. The zero-order chi connectivity index (χ0) is 14.7. The molecular formula is C13H19N3O3S. The van der Waals surface area contributed by atoms with Gasteiger partial charge in [-0.1, -0.05) is 13.8 Å². The first-order valence-electron chi connectivity index (χ1n) is 6.60. The maximum atomic E-state index is 12.0. The van der Waals surface area contributed by atoms with Gasteiger partial charge in [0, 0.05) is 24.8 Å². The van der Waals surface area contributed by atoms with Crippen molar-refractivity contribution in [3.05, 3.63) is 16.1 Å². The van der Waals surface area contributed by atoms with Gasteiger partial charge in [-0.3, -0.25) is 0 Å². The van der Waals surface area contributed by atoms with Gasteiger partial charge in [-0.2, -0.15) is 0 Å². The van der Waals surface area contributed by atoms with Crippen LogP contribution in [0.3, 0.4) is 0 Å². The molecule has 1 aromatic heterocycles. The van der Waals surface area contributed by atoms with Crippen LogP contribution in [0.1, 0.15) is 36.9 Å². The number of hydrogen-bond acceptors (Lipinski definition) is 5. The van der Waals surface area contributed by atoms with E-state index in [0.717, 1.165) is 10.7 Å². The third-order valence-electron chi connectivity index (χ3n) is 3.04. The third-order valence-corrected chi connectivity index (χ3v) is 4.24. The second kappa shape index (κ2) is 6.21. The summed E-state index contributed by atoms with van der Waals surface area (Å²) >= 11 is 1.60. The van der Waals surface area contributed by atoms with Crippen molar-refractivity contribution in [2.75, 3.05) is 13.7 Å². The summed E-state index contributed by atoms with van der Waals surface area (Å²) in [5, 5.41) is 5.69. The maximum Gasteiger partial charge on any atom is 0.328 e. The van der Waals surface area contributed by atoms with Crippen molar-refractivity contribution in [1.29, 1.82) is 0 Å². The first-order chi connectivity index (χ1) is 9.47. The Balaban J connectivity index is 1.88. The van der Waals surface area contributed by atoms with E-state index in [2.05, 4.69) is 24.1 Å². The quantitative estimate of drug-likeness (QED) is 0.859. The Kier molecular flexibility index (Phi) is 4.59. The molecule has 110 valence electrons. The summed E-state index contributed by atoms with van der Waals surface area (Å²) in [6.45, 7) is 4.98. The van der Waals surface area contributed by atoms with E-state index >= 15 is 0 Å². The zero-order valence-electron chi connectivity index (χ0n) is 11.9. The van der Waals surface area contributed by atoms with Crippen LogP contribution in [0.5, 0.6) is 0 Å². The van der Waals surface area contributed by atoms with E-state index in [-0.39, 0.29) is 12.0 Å². The number of nitrogens with one attached hydrogen (secondary N) is 1. The minimum Gasteiger partial charge on any atom is -0.464 e. The summed E-state index contributed by atoms with van der Waals surface area (Å²) in [4.78, 5) is 29.3. The first kappa shape index (κ1) is 14.8. The summed E-state index contributed by atoms with van der Waals surface area (Å²) in [7, 11) is 1.68. The van der Waals surface area contributed by atoms with Crippen LogP contribution in [0.15, 0.2) is 5.38 Å². The molecule has 1 aliphatic rings. The van der Waals surface area contributed by atoms with Crippen LogP contribution >= 0.6 is 11.3 Å². The highest BCUT2D eigenvalue weighted by Crippen LogP contribution is 2.19. The van der Waals surface area contributed by atoms with Crippen LogP contribution in [-0.4, -0.2) is 41.6 Å². The SMILES string of the molecule is CC(C)c1nc(CN(C)C(=O)N[C@H]2CCOC2=O)cs1. The molecule has 0 aromatic carbocycles. The molecule has 1 aromatic rings. The third kappa shape index (κ3) is 3.47. The van der Waals surface area contributed by atoms with Gasteiger partial charge in [0.1, 0.15) is 6.04 Å². The Morgan fingerprint density at radius 1 is 1.65 bits per heavy atom. The largest absolute Gasteiger partial charge is 0.464 e. The average Bonchev–Trinajstić information content (AvgIpc) is 2.99. The topological polar surface area (TPSA) is 71.5 Å². The fraction of sp³-hybridized carbons (Fsp3) is 0.615. The van der Waals surface area contributed by atoms with Crippen molar-refractivity contribution in [1.82, 2.24) is 15.2 Å². The van der Waals surface area contributed by atoms with Crippen LogP contribution in [0.25, 0.3) is 0 Å². The van der Waals surface area contributed by atoms with E-state index in [1.54, 1.807) is 18.4 Å². The first-order valence-corrected chi connectivity index (χ1v) is 7.48. The molecule has 0 unspecified atom stereocenters. The van der Waals surface area contributed by atoms with Crippen molar-refractivity contribution in [3.63, 3.8) is 0 Å². The minimum atomic E-state index is -0.522. The van der Waals surface area contributed by atoms with Gasteiger partial charge in [0.25, 0.3) is 0 Å². The Labute approximate surface area is 122 Å². The predicted molar refractivity (Wildman–Crippen MR) is 75.6 cm³/mol. The van der Waals surface area contributed by atoms with E-state index in [0.29, 0.717) is 25.5 Å². The van der Waals surface area contributed by atoms with E-state index in [4.69, 9.17) is 4.74 Å². The van der Waals surface area contributed by atoms with Gasteiger partial charge in [0.2, 0.25) is 0 Å². The van der Waals surface area contributed by atoms with Crippen LogP contribution in [0, 0.1) is 0 Å². The number of ether oxygens (including phenoxy) is 1. The van der Waals surface area contributed by atoms with Gasteiger partial charge in [0.15, 0.2) is 0 Å². The smallest absolute Gasteiger partial charge is 0.328 e. The summed E-state index contributed by atoms with van der Waals surface area (Å²) in [6.07, 6.45) is 0.534. The number of nitrogens with zero attached hydrogens (tertiary/aromatic N) is 2. The number of aromatic nitrogens is 1. The monoisotopic (exact) mass is 297 g/mol. The Hall–Kier alpha value is -1.63. The van der Waals surface area contributed by atoms with E-state index < -0.39 is 6.04 Å². The zero-order valence-corrected chi connectivity index (χ0v) is 12.7. The van der Waals surface area contributed by atoms with Gasteiger partial charge in [0.05, 0.1) is 23.9 Å². The lowest BCUT2D eigenvalue weighted by Crippen LogP contribution is -2.44. The molecule has 2 rings (SSSR count). The number of thiazole rings is 1. The summed E-state index contributed by atoms with van der Waals surface area (Å²) in [5.74, 6) is 0.0312. The number of rotatable bonds is 4. The number of carbonyl (C=O) groups is 2. The van der Waals surface area contributed by atoms with Gasteiger partial charge in [-0.15, -0.1) is 11.3 Å². The molecule has 20 heavy (non-hydrogen) atoms. The molecule has 0 saturated carbocycles. The Bertz CT molecular complexity index is 501. The maximum absolute atomic E-state index is 12.0. The van der Waals surface area contributed by atoms with E-state index in [9.17, 15) is 9.59 Å². The Morgan fingerprint density at radius 2 is 2.40 bits per heavy atom. The Morgan fingerprint density at radius 3 is 2.95 bits per heavy atom. The van der Waals surface area contributed by atoms with Gasteiger partial charge >= 0.3 is 12.0 Å². The van der Waals surface area contributed by atoms with Crippen LogP contribution in [0.2, 0.25) is 0 Å². The molecule has 6 nitrogen and oxygen atoms in total. The number of carbonyl (C=O) groups excluding carboxylic acids is 2. The highest BCUT2D eigenvalue weighted by atomic mass is 32.1. The van der Waals surface area contributed by atoms with Gasteiger partial charge in [-0.25, -0.2) is 14.6 Å². The molecule has 0 spiro atoms. The number of urea groups is 1. The molecule has 1 fully saturated rings. The lowest BCUT2D eigenvalue weighted by atomic mass is 10.2. The number of cyclic esters (lactones) is 1. The summed E-state index contributed by atoms with van der Waals surface area (Å²) < 4.78 is 4.81. The normalized spacial score (nSPS) is 18.2. The predicted octanol–water partition coefficient (Wildman–Crippen LogP) is 1.72. The average molecular weight is 297 g/mol. The standard InChI is InChI=1S/C13H19N3O3S/c1-8(2)11-14-9(7-20-11)6-16(3)13(18)15-10-4-5-19-12(10)17/h7-8,10H,4-6H2,1-3H3,(H,15,18)/t10-/m0/s1. The molecule has 1 aliphatic heterocycles. The molecular weight excluding hydrogens is 278 g/mol. The minimum absolute atomic E-state index is 0.284. The van der Waals surface area contributed by atoms with Crippen molar-refractivity contribution < 1.29 is 14.3 Å². The highest BCUT2D eigenvalue weighted by Gasteiger charge is 2.28. The number of hydrogen-bond donors (Lipinski definition) is 1. The van der Waals surface area contributed by atoms with E-state index in [1.807, 2.05) is 5.38 Å². The molecule has 0 aliphatic carbocycles. The van der Waals surface area contributed by atoms with Gasteiger partial charge < -0.3 is 15.0 Å². The van der Waals surface area contributed by atoms with Crippen LogP contribution in [-0.2, 0) is 16.1 Å². The van der Waals surface area contributed by atoms with Crippen molar-refractivity contribution in [2.24, 2.45) is 0 Å². The molecule has 1 atom stereocenters. The van der Waals surface area contributed by atoms with Gasteiger partial charge in [-0.05, 0) is 0 Å². The number of esters is 1. The van der Waals surface area contributed by atoms with Crippen molar-refractivity contribution >= 4 is 23.3 Å². The molecule has 1 saturated heterocycles.